The van der Waals surface area contributed by atoms with Gasteiger partial charge in [0, 0.05) is 17.8 Å². The van der Waals surface area contributed by atoms with Crippen LogP contribution in [0.1, 0.15) is 0 Å². The lowest BCUT2D eigenvalue weighted by Gasteiger charge is -2.06. The van der Waals surface area contributed by atoms with E-state index in [1.165, 1.54) is 53.2 Å². The number of nitro benzene ring substituents is 1. The number of rotatable bonds is 6. The van der Waals surface area contributed by atoms with Gasteiger partial charge in [0.05, 0.1) is 16.4 Å². The van der Waals surface area contributed by atoms with Crippen LogP contribution in [0.3, 0.4) is 0 Å². The number of nitrogens with zero attached hydrogens (tertiary/aromatic N) is 5. The number of anilines is 1. The normalized spacial score (nSPS) is 10.5. The van der Waals surface area contributed by atoms with Crippen LogP contribution in [-0.4, -0.2) is 36.8 Å². The molecule has 1 heterocycles. The number of carbonyl (C=O) groups is 1. The molecule has 3 aromatic rings. The predicted octanol–water partition coefficient (Wildman–Crippen LogP) is 2.44. The van der Waals surface area contributed by atoms with E-state index >= 15 is 0 Å². The standard InChI is InChI=1S/C15H11FN6O3S/c16-10-1-3-11(4-2-10)17-14(23)9-26-15-18-19-20-21(15)12-5-7-13(8-6-12)22(24)25/h1-8H,9H2,(H,17,23). The molecule has 0 unspecified atom stereocenters. The summed E-state index contributed by atoms with van der Waals surface area (Å²) in [5.74, 6) is -0.662. The highest BCUT2D eigenvalue weighted by molar-refractivity contribution is 7.99. The topological polar surface area (TPSA) is 116 Å². The fourth-order valence-corrected chi connectivity index (χ4v) is 2.70. The molecule has 0 spiro atoms. The molecule has 0 aliphatic rings. The van der Waals surface area contributed by atoms with Crippen LogP contribution in [0, 0.1) is 15.9 Å². The molecule has 0 aliphatic heterocycles. The van der Waals surface area contributed by atoms with Crippen LogP contribution in [0.15, 0.2) is 53.7 Å². The average molecular weight is 374 g/mol. The third-order valence-corrected chi connectivity index (χ3v) is 4.13. The largest absolute Gasteiger partial charge is 0.325 e. The van der Waals surface area contributed by atoms with Crippen molar-refractivity contribution in [1.82, 2.24) is 20.2 Å². The molecule has 1 N–H and O–H groups in total. The SMILES string of the molecule is O=C(CSc1nnnn1-c1ccc([N+](=O)[O-])cc1)Nc1ccc(F)cc1. The Morgan fingerprint density at radius 3 is 2.54 bits per heavy atom. The maximum absolute atomic E-state index is 12.9. The zero-order valence-electron chi connectivity index (χ0n) is 13.1. The first-order chi connectivity index (χ1) is 12.5. The van der Waals surface area contributed by atoms with Crippen LogP contribution in [-0.2, 0) is 4.79 Å². The van der Waals surface area contributed by atoms with Crippen LogP contribution in [0.25, 0.3) is 5.69 Å². The summed E-state index contributed by atoms with van der Waals surface area (Å²) in [5.41, 5.74) is 0.962. The Bertz CT molecular complexity index is 929. The highest BCUT2D eigenvalue weighted by Gasteiger charge is 2.13. The van der Waals surface area contributed by atoms with E-state index in [0.717, 1.165) is 11.8 Å². The molecular formula is C15H11FN6O3S. The van der Waals surface area contributed by atoms with Gasteiger partial charge in [-0.25, -0.2) is 4.39 Å². The van der Waals surface area contributed by atoms with Crippen LogP contribution in [0.4, 0.5) is 15.8 Å². The predicted molar refractivity (Wildman–Crippen MR) is 91.6 cm³/mol. The molecule has 9 nitrogen and oxygen atoms in total. The van der Waals surface area contributed by atoms with Gasteiger partial charge in [-0.2, -0.15) is 4.68 Å². The number of hydrogen-bond acceptors (Lipinski definition) is 7. The number of nitro groups is 1. The van der Waals surface area contributed by atoms with Gasteiger partial charge >= 0.3 is 0 Å². The summed E-state index contributed by atoms with van der Waals surface area (Å²) in [6.45, 7) is 0. The van der Waals surface area contributed by atoms with Gasteiger partial charge in [-0.3, -0.25) is 14.9 Å². The third kappa shape index (κ3) is 4.19. The third-order valence-electron chi connectivity index (χ3n) is 3.21. The number of carbonyl (C=O) groups excluding carboxylic acids is 1. The quantitative estimate of drug-likeness (QED) is 0.400. The molecule has 0 atom stereocenters. The van der Waals surface area contributed by atoms with Crippen LogP contribution in [0.2, 0.25) is 0 Å². The Morgan fingerprint density at radius 2 is 1.88 bits per heavy atom. The first-order valence-corrected chi connectivity index (χ1v) is 8.23. The van der Waals surface area contributed by atoms with Crippen molar-refractivity contribution in [1.29, 1.82) is 0 Å². The van der Waals surface area contributed by atoms with E-state index in [2.05, 4.69) is 20.8 Å². The van der Waals surface area contributed by atoms with Crippen molar-refractivity contribution in [2.45, 2.75) is 5.16 Å². The maximum Gasteiger partial charge on any atom is 0.269 e. The Labute approximate surface area is 150 Å². The van der Waals surface area contributed by atoms with Crippen molar-refractivity contribution in [2.75, 3.05) is 11.1 Å². The van der Waals surface area contributed by atoms with Gasteiger partial charge in [-0.15, -0.1) is 5.10 Å². The van der Waals surface area contributed by atoms with Crippen molar-refractivity contribution < 1.29 is 14.1 Å². The van der Waals surface area contributed by atoms with Crippen LogP contribution in [0.5, 0.6) is 0 Å². The molecule has 1 aromatic heterocycles. The first kappa shape index (κ1) is 17.5. The van der Waals surface area contributed by atoms with E-state index < -0.39 is 4.92 Å². The van der Waals surface area contributed by atoms with Crippen molar-refractivity contribution in [3.63, 3.8) is 0 Å². The van der Waals surface area contributed by atoms with Gasteiger partial charge in [-0.05, 0) is 46.8 Å². The van der Waals surface area contributed by atoms with Crippen molar-refractivity contribution in [3.8, 4) is 5.69 Å². The number of amides is 1. The highest BCUT2D eigenvalue weighted by Crippen LogP contribution is 2.20. The van der Waals surface area contributed by atoms with E-state index in [9.17, 15) is 19.3 Å². The minimum atomic E-state index is -0.501. The monoisotopic (exact) mass is 374 g/mol. The first-order valence-electron chi connectivity index (χ1n) is 7.24. The Balaban J connectivity index is 1.64. The van der Waals surface area contributed by atoms with Gasteiger partial charge in [-0.1, -0.05) is 11.8 Å². The minimum absolute atomic E-state index is 0.0325. The molecular weight excluding hydrogens is 363 g/mol. The summed E-state index contributed by atoms with van der Waals surface area (Å²) in [6, 6.07) is 11.1. The molecule has 2 aromatic carbocycles. The number of aromatic nitrogens is 4. The molecule has 0 aliphatic carbocycles. The molecule has 26 heavy (non-hydrogen) atoms. The van der Waals surface area contributed by atoms with Crippen molar-refractivity contribution >= 4 is 29.0 Å². The van der Waals surface area contributed by atoms with E-state index in [4.69, 9.17) is 0 Å². The second-order valence-corrected chi connectivity index (χ2v) is 5.93. The van der Waals surface area contributed by atoms with Gasteiger partial charge in [0.1, 0.15) is 5.82 Å². The van der Waals surface area contributed by atoms with Crippen molar-refractivity contribution in [3.05, 3.63) is 64.5 Å². The fourth-order valence-electron chi connectivity index (χ4n) is 2.01. The van der Waals surface area contributed by atoms with E-state index in [0.29, 0.717) is 16.5 Å². The lowest BCUT2D eigenvalue weighted by Crippen LogP contribution is -2.14. The number of halogens is 1. The molecule has 11 heteroatoms. The molecule has 3 rings (SSSR count). The zero-order valence-corrected chi connectivity index (χ0v) is 13.9. The summed E-state index contributed by atoms with van der Waals surface area (Å²) in [5, 5.41) is 24.9. The molecule has 0 saturated heterocycles. The molecule has 0 bridgehead atoms. The molecule has 132 valence electrons. The van der Waals surface area contributed by atoms with Crippen LogP contribution < -0.4 is 5.32 Å². The molecule has 1 amide bonds. The number of hydrogen-bond donors (Lipinski definition) is 1. The second kappa shape index (κ2) is 7.70. The summed E-state index contributed by atoms with van der Waals surface area (Å²) < 4.78 is 14.2. The van der Waals surface area contributed by atoms with E-state index in [-0.39, 0.29) is 23.2 Å². The Hall–Kier alpha value is -3.34. The number of nitrogens with one attached hydrogen (secondary N) is 1. The summed E-state index contributed by atoms with van der Waals surface area (Å²) >= 11 is 1.10. The van der Waals surface area contributed by atoms with Crippen molar-refractivity contribution in [2.24, 2.45) is 0 Å². The number of benzene rings is 2. The van der Waals surface area contributed by atoms with Gasteiger partial charge in [0.25, 0.3) is 5.69 Å². The fraction of sp³-hybridized carbons (Fsp3) is 0.0667. The summed E-state index contributed by atoms with van der Waals surface area (Å²) in [4.78, 5) is 22.2. The summed E-state index contributed by atoms with van der Waals surface area (Å²) in [6.07, 6.45) is 0. The maximum atomic E-state index is 12.9. The highest BCUT2D eigenvalue weighted by atomic mass is 32.2. The van der Waals surface area contributed by atoms with Gasteiger partial charge in [0.15, 0.2) is 0 Å². The Kier molecular flexibility index (Phi) is 5.17. The average Bonchev–Trinajstić information content (AvgIpc) is 3.10. The van der Waals surface area contributed by atoms with Gasteiger partial charge in [0.2, 0.25) is 11.1 Å². The minimum Gasteiger partial charge on any atom is -0.325 e. The number of thioether (sulfide) groups is 1. The lowest BCUT2D eigenvalue weighted by molar-refractivity contribution is -0.384. The summed E-state index contributed by atoms with van der Waals surface area (Å²) in [7, 11) is 0. The number of non-ortho nitro benzene ring substituents is 1. The second-order valence-electron chi connectivity index (χ2n) is 4.99. The van der Waals surface area contributed by atoms with Gasteiger partial charge < -0.3 is 5.32 Å². The number of tetrazole rings is 1. The molecule has 0 fully saturated rings. The van der Waals surface area contributed by atoms with E-state index in [1.54, 1.807) is 0 Å². The smallest absolute Gasteiger partial charge is 0.269 e. The molecule has 0 radical (unpaired) electrons. The van der Waals surface area contributed by atoms with Crippen LogP contribution >= 0.6 is 11.8 Å². The molecule has 0 saturated carbocycles. The Morgan fingerprint density at radius 1 is 1.19 bits per heavy atom. The van der Waals surface area contributed by atoms with E-state index in [1.807, 2.05) is 0 Å². The zero-order chi connectivity index (χ0) is 18.5. The lowest BCUT2D eigenvalue weighted by atomic mass is 10.3.